The number of urea groups is 1. The van der Waals surface area contributed by atoms with Crippen molar-refractivity contribution < 1.29 is 9.59 Å². The molecule has 27 heavy (non-hydrogen) atoms. The number of rotatable bonds is 3. The minimum Gasteiger partial charge on any atom is -0.336 e. The Morgan fingerprint density at radius 3 is 2.59 bits per heavy atom. The number of hydrogen-bond acceptors (Lipinski definition) is 3. The van der Waals surface area contributed by atoms with Gasteiger partial charge in [0.1, 0.15) is 0 Å². The zero-order valence-corrected chi connectivity index (χ0v) is 15.2. The number of carbonyl (C=O) groups excluding carboxylic acids is 2. The van der Waals surface area contributed by atoms with Gasteiger partial charge in [0.2, 0.25) is 0 Å². The number of aromatic nitrogens is 1. The lowest BCUT2D eigenvalue weighted by Crippen LogP contribution is -2.27. The monoisotopic (exact) mass is 360 g/mol. The van der Waals surface area contributed by atoms with Crippen LogP contribution < -0.4 is 15.5 Å². The third-order valence-electron chi connectivity index (χ3n) is 4.70. The van der Waals surface area contributed by atoms with Crippen LogP contribution in [0.2, 0.25) is 0 Å². The van der Waals surface area contributed by atoms with Gasteiger partial charge in [0, 0.05) is 29.9 Å². The highest BCUT2D eigenvalue weighted by Gasteiger charge is 2.21. The van der Waals surface area contributed by atoms with E-state index in [4.69, 9.17) is 0 Å². The highest BCUT2D eigenvalue weighted by atomic mass is 16.2. The van der Waals surface area contributed by atoms with Crippen molar-refractivity contribution >= 4 is 34.2 Å². The molecule has 0 spiro atoms. The van der Waals surface area contributed by atoms with Crippen LogP contribution in [-0.4, -0.2) is 30.0 Å². The lowest BCUT2D eigenvalue weighted by molar-refractivity contribution is 0.102. The number of nitrogens with zero attached hydrogens (tertiary/aromatic N) is 2. The van der Waals surface area contributed by atoms with Crippen molar-refractivity contribution in [1.82, 2.24) is 10.3 Å². The molecule has 4 rings (SSSR count). The van der Waals surface area contributed by atoms with Gasteiger partial charge < -0.3 is 10.6 Å². The number of pyridine rings is 1. The van der Waals surface area contributed by atoms with Crippen LogP contribution in [0.15, 0.2) is 48.5 Å². The second-order valence-electron chi connectivity index (χ2n) is 6.70. The van der Waals surface area contributed by atoms with Crippen LogP contribution in [-0.2, 0) is 0 Å². The maximum absolute atomic E-state index is 12.7. The molecule has 0 saturated carbocycles. The normalized spacial score (nSPS) is 13.7. The first-order chi connectivity index (χ1) is 13.0. The van der Waals surface area contributed by atoms with Crippen LogP contribution in [0.4, 0.5) is 16.2 Å². The zero-order chi connectivity index (χ0) is 19.0. The molecule has 0 atom stereocenters. The fourth-order valence-electron chi connectivity index (χ4n) is 3.26. The molecule has 2 N–H and O–H groups in total. The van der Waals surface area contributed by atoms with Crippen LogP contribution in [0.5, 0.6) is 0 Å². The molecule has 2 heterocycles. The maximum Gasteiger partial charge on any atom is 0.321 e. The first-order valence-electron chi connectivity index (χ1n) is 8.86. The predicted octanol–water partition coefficient (Wildman–Crippen LogP) is 3.63. The molecule has 6 heteroatoms. The van der Waals surface area contributed by atoms with Gasteiger partial charge in [-0.05, 0) is 56.3 Å². The zero-order valence-electron chi connectivity index (χ0n) is 15.2. The van der Waals surface area contributed by atoms with E-state index in [0.29, 0.717) is 30.0 Å². The molecule has 0 bridgehead atoms. The average Bonchev–Trinajstić information content (AvgIpc) is 3.08. The second-order valence-corrected chi connectivity index (χ2v) is 6.70. The summed E-state index contributed by atoms with van der Waals surface area (Å²) in [4.78, 5) is 30.7. The molecule has 6 nitrogen and oxygen atoms in total. The Morgan fingerprint density at radius 2 is 1.89 bits per heavy atom. The highest BCUT2D eigenvalue weighted by Crippen LogP contribution is 2.22. The van der Waals surface area contributed by atoms with Gasteiger partial charge in [0.15, 0.2) is 0 Å². The van der Waals surface area contributed by atoms with Gasteiger partial charge in [-0.3, -0.25) is 14.7 Å². The number of amides is 3. The summed E-state index contributed by atoms with van der Waals surface area (Å²) in [6.45, 7) is 5.14. The molecule has 1 aliphatic heterocycles. The van der Waals surface area contributed by atoms with Gasteiger partial charge in [-0.15, -0.1) is 0 Å². The summed E-state index contributed by atoms with van der Waals surface area (Å²) in [5, 5.41) is 6.63. The van der Waals surface area contributed by atoms with Crippen molar-refractivity contribution in [3.63, 3.8) is 0 Å². The van der Waals surface area contributed by atoms with Crippen molar-refractivity contribution in [1.29, 1.82) is 0 Å². The van der Waals surface area contributed by atoms with Gasteiger partial charge in [0.25, 0.3) is 5.91 Å². The van der Waals surface area contributed by atoms with Crippen molar-refractivity contribution in [2.75, 3.05) is 23.3 Å². The topological polar surface area (TPSA) is 74.3 Å². The molecule has 3 aromatic rings. The summed E-state index contributed by atoms with van der Waals surface area (Å²) in [6, 6.07) is 15.0. The van der Waals surface area contributed by atoms with E-state index in [1.54, 1.807) is 17.0 Å². The summed E-state index contributed by atoms with van der Waals surface area (Å²) in [7, 11) is 0. The van der Waals surface area contributed by atoms with Gasteiger partial charge >= 0.3 is 6.03 Å². The number of anilines is 2. The SMILES string of the molecule is Cc1ccc2nc(C)c(C(=O)Nc3ccc(N4CCNC4=O)cc3)cc2c1. The lowest BCUT2D eigenvalue weighted by atomic mass is 10.1. The number of nitrogens with one attached hydrogen (secondary N) is 2. The molecule has 1 fully saturated rings. The van der Waals surface area contributed by atoms with Crippen LogP contribution in [0.1, 0.15) is 21.6 Å². The van der Waals surface area contributed by atoms with Gasteiger partial charge in [-0.2, -0.15) is 0 Å². The van der Waals surface area contributed by atoms with E-state index >= 15 is 0 Å². The first kappa shape index (κ1) is 17.0. The molecular formula is C21H20N4O2. The van der Waals surface area contributed by atoms with Crippen LogP contribution in [0.25, 0.3) is 10.9 Å². The third kappa shape index (κ3) is 3.33. The summed E-state index contributed by atoms with van der Waals surface area (Å²) in [5.74, 6) is -0.199. The Morgan fingerprint density at radius 1 is 1.11 bits per heavy atom. The summed E-state index contributed by atoms with van der Waals surface area (Å²) < 4.78 is 0. The number of carbonyl (C=O) groups is 2. The average molecular weight is 360 g/mol. The number of benzene rings is 2. The summed E-state index contributed by atoms with van der Waals surface area (Å²) >= 11 is 0. The van der Waals surface area contributed by atoms with Crippen molar-refractivity contribution in [2.24, 2.45) is 0 Å². The van der Waals surface area contributed by atoms with E-state index in [1.165, 1.54) is 0 Å². The van der Waals surface area contributed by atoms with Crippen molar-refractivity contribution in [3.8, 4) is 0 Å². The Kier molecular flexibility index (Phi) is 4.24. The Labute approximate surface area is 157 Å². The Bertz CT molecular complexity index is 1040. The van der Waals surface area contributed by atoms with E-state index in [2.05, 4.69) is 15.6 Å². The molecular weight excluding hydrogens is 340 g/mol. The quantitative estimate of drug-likeness (QED) is 0.749. The molecule has 2 aromatic carbocycles. The smallest absolute Gasteiger partial charge is 0.321 e. The minimum absolute atomic E-state index is 0.0973. The van der Waals surface area contributed by atoms with Crippen LogP contribution in [0.3, 0.4) is 0 Å². The fourth-order valence-corrected chi connectivity index (χ4v) is 3.26. The van der Waals surface area contributed by atoms with Gasteiger partial charge in [-0.25, -0.2) is 4.79 Å². The maximum atomic E-state index is 12.7. The van der Waals surface area contributed by atoms with Crippen molar-refractivity contribution in [2.45, 2.75) is 13.8 Å². The molecule has 1 aromatic heterocycles. The Hall–Kier alpha value is -3.41. The highest BCUT2D eigenvalue weighted by molar-refractivity contribution is 6.07. The molecule has 3 amide bonds. The largest absolute Gasteiger partial charge is 0.336 e. The number of fused-ring (bicyclic) bond motifs is 1. The minimum atomic E-state index is -0.199. The van der Waals surface area contributed by atoms with Crippen molar-refractivity contribution in [3.05, 3.63) is 65.4 Å². The summed E-state index contributed by atoms with van der Waals surface area (Å²) in [5.41, 5.74) is 4.73. The second kappa shape index (κ2) is 6.72. The van der Waals surface area contributed by atoms with E-state index in [0.717, 1.165) is 22.2 Å². The molecule has 0 radical (unpaired) electrons. The van der Waals surface area contributed by atoms with Crippen LogP contribution >= 0.6 is 0 Å². The molecule has 1 saturated heterocycles. The van der Waals surface area contributed by atoms with Gasteiger partial charge in [-0.1, -0.05) is 11.6 Å². The van der Waals surface area contributed by atoms with Crippen LogP contribution in [0, 0.1) is 13.8 Å². The fraction of sp³-hybridized carbons (Fsp3) is 0.190. The van der Waals surface area contributed by atoms with E-state index in [-0.39, 0.29) is 11.9 Å². The lowest BCUT2D eigenvalue weighted by Gasteiger charge is -2.15. The Balaban J connectivity index is 1.56. The third-order valence-corrected chi connectivity index (χ3v) is 4.70. The molecule has 1 aliphatic rings. The van der Waals surface area contributed by atoms with E-state index in [1.807, 2.05) is 50.2 Å². The summed E-state index contributed by atoms with van der Waals surface area (Å²) in [6.07, 6.45) is 0. The first-order valence-corrected chi connectivity index (χ1v) is 8.86. The molecule has 0 unspecified atom stereocenters. The standard InChI is InChI=1S/C21H20N4O2/c1-13-3-8-19-15(11-13)12-18(14(2)23-19)20(26)24-16-4-6-17(7-5-16)25-10-9-22-21(25)27/h3-8,11-12H,9-10H2,1-2H3,(H,22,27)(H,24,26). The van der Waals surface area contributed by atoms with Gasteiger partial charge in [0.05, 0.1) is 16.8 Å². The molecule has 0 aliphatic carbocycles. The molecule has 136 valence electrons. The number of hydrogen-bond donors (Lipinski definition) is 2. The van der Waals surface area contributed by atoms with E-state index in [9.17, 15) is 9.59 Å². The number of aryl methyl sites for hydroxylation is 2. The van der Waals surface area contributed by atoms with E-state index < -0.39 is 0 Å². The predicted molar refractivity (Wildman–Crippen MR) is 106 cm³/mol.